The molecular weight excluding hydrogens is 2230 g/mol. The molecule has 0 unspecified atom stereocenters. The van der Waals surface area contributed by atoms with Crippen LogP contribution in [0.15, 0.2) is 149 Å². The predicted octanol–water partition coefficient (Wildman–Crippen LogP) is 22.1. The van der Waals surface area contributed by atoms with Crippen molar-refractivity contribution in [2.24, 2.45) is 0 Å². The van der Waals surface area contributed by atoms with Crippen molar-refractivity contribution in [3.63, 3.8) is 0 Å². The van der Waals surface area contributed by atoms with Crippen LogP contribution in [0, 0.1) is 0 Å². The summed E-state index contributed by atoms with van der Waals surface area (Å²) in [6.07, 6.45) is 9.57. The van der Waals surface area contributed by atoms with Crippen LogP contribution < -0.4 is 0 Å². The second-order valence-electron chi connectivity index (χ2n) is 42.7. The Labute approximate surface area is 867 Å². The fourth-order valence-electron chi connectivity index (χ4n) is 14.0. The second kappa shape index (κ2) is 61.1. The van der Waals surface area contributed by atoms with E-state index in [9.17, 15) is 0 Å². The molecule has 0 aromatic rings. The minimum atomic E-state index is -3.51. The van der Waals surface area contributed by atoms with Crippen LogP contribution in [0.5, 0.6) is 0 Å². The minimum Gasteiger partial charge on any atom is -0.420 e. The van der Waals surface area contributed by atoms with E-state index in [1.807, 2.05) is 215 Å². The third-order valence-electron chi connectivity index (χ3n) is 17.8. The maximum atomic E-state index is 6.97. The van der Waals surface area contributed by atoms with E-state index in [0.29, 0.717) is 6.04 Å². The summed E-state index contributed by atoms with van der Waals surface area (Å²) in [4.78, 5) is 0. The van der Waals surface area contributed by atoms with Gasteiger partial charge in [-0.2, -0.15) is 0 Å². The van der Waals surface area contributed by atoms with Gasteiger partial charge in [-0.25, -0.2) is 0 Å². The van der Waals surface area contributed by atoms with E-state index in [4.69, 9.17) is 111 Å². The summed E-state index contributed by atoms with van der Waals surface area (Å²) in [6.45, 7) is 148. The van der Waals surface area contributed by atoms with Gasteiger partial charge in [-0.05, 0) is 280 Å². The molecule has 0 saturated carbocycles. The van der Waals surface area contributed by atoms with Crippen LogP contribution >= 0.6 is 0 Å². The fraction of sp³-hybridized carbons (Fsp3) is 0.688. The number of rotatable bonds is 71. The highest BCUT2D eigenvalue weighted by molar-refractivity contribution is 6.97. The molecule has 0 saturated heterocycles. The number of allylic oxidation sites excluding steroid dienone is 5. The molecule has 0 atom stereocenters. The highest BCUT2D eigenvalue weighted by Crippen LogP contribution is 2.37. The molecule has 0 radical (unpaired) electrons. The molecule has 58 heteroatoms. The highest BCUT2D eigenvalue weighted by Gasteiger charge is 2.59. The standard InChI is InChI=1S/C27H64O9Si10.C23H54O6Si7.C14H42O6Si7.C13H40O6Si7/c1-22-38(7,8)31-44(19,32-39(9,10)23-2)28-37(29-45(20,33-40(11,12)24-3)34-41(13,14)25-4)30-46(21,35-42(15,16)26-5)36-43(17,18)27-6;1-16-20-31(6,7)26-35(14,27-32(8,9)21-17-2)24-30(5)25-36(15,28-33(10,11)22-18-3)29-34(12,13)23-19-4;1-13-14-25(10,19-26(11,15-21(2)3)16-22(4)5)20-27(12,17-23(6)7)18-24(8)9;1-13-24(10,18-25(11,14-20(2)3)15-21(4)5)19-26(12,16-22(6)7)17-23(8)9/h22-27,37H,1-6H2,7-21H3;16-19,30H,1-4,20-23H2,5-15H3;13,21-24H,1,14H2,2-12H3;13,20-23H,1H2,2-12H3. The van der Waals surface area contributed by atoms with Gasteiger partial charge in [0.05, 0.1) is 0 Å². The Bertz CT molecular complexity index is 3180. The molecule has 0 bridgehead atoms. The van der Waals surface area contributed by atoms with Gasteiger partial charge in [-0.1, -0.05) is 70.3 Å². The molecule has 0 N–H and O–H groups in total. The zero-order valence-electron chi connectivity index (χ0n) is 94.2. The van der Waals surface area contributed by atoms with Gasteiger partial charge < -0.3 is 111 Å². The first-order chi connectivity index (χ1) is 60.3. The average molecular weight is 2430 g/mol. The van der Waals surface area contributed by atoms with Crippen molar-refractivity contribution in [1.82, 2.24) is 0 Å². The van der Waals surface area contributed by atoms with Crippen molar-refractivity contribution in [3.05, 3.63) is 149 Å². The maximum absolute atomic E-state index is 6.97. The van der Waals surface area contributed by atoms with Gasteiger partial charge in [0, 0.05) is 65.0 Å². The Hall–Kier alpha value is 2.52. The van der Waals surface area contributed by atoms with Gasteiger partial charge in [0.15, 0.2) is 106 Å². The lowest BCUT2D eigenvalue weighted by atomic mass is 10.8. The Balaban J connectivity index is -0.000000871. The summed E-state index contributed by atoms with van der Waals surface area (Å²) < 4.78 is 179. The smallest absolute Gasteiger partial charge is 0.420 e. The quantitative estimate of drug-likeness (QED) is 0.0405. The first-order valence-electron chi connectivity index (χ1n) is 47.5. The van der Waals surface area contributed by atoms with Gasteiger partial charge in [-0.3, -0.25) is 0 Å². The molecule has 0 aromatic heterocycles. The summed E-state index contributed by atoms with van der Waals surface area (Å²) in [5.41, 5.74) is 12.9. The number of hydrogen-bond donors (Lipinski definition) is 0. The molecule has 135 heavy (non-hydrogen) atoms. The van der Waals surface area contributed by atoms with Gasteiger partial charge in [0.1, 0.15) is 0 Å². The summed E-state index contributed by atoms with van der Waals surface area (Å²) in [6, 6.07) is 3.94. The minimum absolute atomic E-state index is 0.649. The normalized spacial score (nSPS) is 14.3. The predicted molar refractivity (Wildman–Crippen MR) is 649 cm³/mol. The van der Waals surface area contributed by atoms with Crippen LogP contribution in [0.25, 0.3) is 0 Å². The molecule has 0 fully saturated rings. The van der Waals surface area contributed by atoms with E-state index in [-0.39, 0.29) is 0 Å². The summed E-state index contributed by atoms with van der Waals surface area (Å²) >= 11 is 0. The van der Waals surface area contributed by atoms with Crippen molar-refractivity contribution in [2.45, 2.75) is 344 Å². The largest absolute Gasteiger partial charge is 0.469 e. The lowest BCUT2D eigenvalue weighted by Gasteiger charge is -2.44. The van der Waals surface area contributed by atoms with E-state index in [1.165, 1.54) is 0 Å². The first kappa shape index (κ1) is 144. The van der Waals surface area contributed by atoms with Gasteiger partial charge in [0.2, 0.25) is 49.9 Å². The van der Waals surface area contributed by atoms with E-state index in [0.717, 1.165) is 24.2 Å². The monoisotopic (exact) mass is 2420 g/mol. The molecule has 0 aliphatic rings. The molecule has 0 rings (SSSR count). The first-order valence-corrected chi connectivity index (χ1v) is 129. The fourth-order valence-corrected chi connectivity index (χ4v) is 130. The van der Waals surface area contributed by atoms with Crippen LogP contribution in [0.2, 0.25) is 344 Å². The molecule has 0 aromatic carbocycles. The Morgan fingerprint density at radius 1 is 0.170 bits per heavy atom. The lowest BCUT2D eigenvalue weighted by molar-refractivity contribution is 0.146. The van der Waals surface area contributed by atoms with Gasteiger partial charge in [-0.15, -0.1) is 78.9 Å². The second-order valence-corrected chi connectivity index (χ2v) is 143. The number of hydrogen-bond acceptors (Lipinski definition) is 27. The van der Waals surface area contributed by atoms with E-state index in [2.05, 4.69) is 243 Å². The molecule has 0 aliphatic heterocycles. The van der Waals surface area contributed by atoms with Crippen LogP contribution in [-0.4, -0.2) is 271 Å². The highest BCUT2D eigenvalue weighted by atomic mass is 28.6. The van der Waals surface area contributed by atoms with Crippen LogP contribution in [0.1, 0.15) is 0 Å². The van der Waals surface area contributed by atoms with Crippen molar-refractivity contribution in [3.8, 4) is 0 Å². The van der Waals surface area contributed by atoms with Crippen molar-refractivity contribution < 1.29 is 111 Å². The zero-order chi connectivity index (χ0) is 107. The third kappa shape index (κ3) is 66.7. The van der Waals surface area contributed by atoms with Gasteiger partial charge >= 0.3 is 115 Å². The van der Waals surface area contributed by atoms with E-state index in [1.54, 1.807) is 5.70 Å². The average Bonchev–Trinajstić information content (AvgIpc) is 0.788. The molecule has 0 aliphatic carbocycles. The van der Waals surface area contributed by atoms with Crippen LogP contribution in [0.4, 0.5) is 0 Å². The Kier molecular flexibility index (Phi) is 65.1. The van der Waals surface area contributed by atoms with Crippen molar-refractivity contribution >= 4 is 271 Å². The van der Waals surface area contributed by atoms with E-state index < -0.39 is 271 Å². The summed E-state index contributed by atoms with van der Waals surface area (Å²) in [7, 11) is -72.5. The molecule has 794 valence electrons. The molecule has 27 nitrogen and oxygen atoms in total. The molecule has 0 heterocycles. The van der Waals surface area contributed by atoms with Crippen LogP contribution in [0.3, 0.4) is 0 Å². The topological polar surface area (TPSA) is 249 Å². The summed E-state index contributed by atoms with van der Waals surface area (Å²) in [5.74, 6) is 0. The summed E-state index contributed by atoms with van der Waals surface area (Å²) in [5, 5.41) is 0. The Morgan fingerprint density at radius 3 is 0.467 bits per heavy atom. The lowest BCUT2D eigenvalue weighted by Crippen LogP contribution is -2.65. The SMILES string of the molecule is C=CC[Si](C)(C)O[Si](C)(O[SiH](C)O[Si](C)(O[Si](C)(C)CC=C)O[Si](C)(C)CC=C)O[Si](C)(C)CC=C.C=CC[Si](C)(O[Si](C)(O[SiH](C)C)O[SiH](C)C)O[Si](C)(O[SiH](C)C)O[SiH](C)C.C=C[Si](C)(C)O[Si](C)(O[SiH](O[Si](C)(O[Si](C)(C)C=C)O[Si](C)(C)C=C)O[Si](C)(O[Si](C)(C)C=C)O[Si](C)(C)C=C)O[Si](C)(C)C=C.C=C[Si](C)(O[Si](C)(O[SiH](C)C)O[SiH](C)C)O[Si](C)(O[SiH](C)C)O[SiH](C)C. The molecular formula is C77H200O27Si31. The molecule has 0 spiro atoms. The maximum Gasteiger partial charge on any atom is 0.469 e. The Morgan fingerprint density at radius 2 is 0.326 bits per heavy atom. The van der Waals surface area contributed by atoms with Crippen LogP contribution in [-0.2, 0) is 111 Å². The zero-order valence-corrected chi connectivity index (χ0v) is 127. The van der Waals surface area contributed by atoms with Crippen molar-refractivity contribution in [2.75, 3.05) is 0 Å². The van der Waals surface area contributed by atoms with Gasteiger partial charge in [0.25, 0.3) is 0 Å². The van der Waals surface area contributed by atoms with E-state index >= 15 is 0 Å². The molecule has 0 amide bonds. The van der Waals surface area contributed by atoms with Crippen molar-refractivity contribution in [1.29, 1.82) is 0 Å². The third-order valence-corrected chi connectivity index (χ3v) is 122.